The summed E-state index contributed by atoms with van der Waals surface area (Å²) in [4.78, 5) is 13.4. The minimum atomic E-state index is -0.0394. The molecule has 0 radical (unpaired) electrons. The van der Waals surface area contributed by atoms with Crippen LogP contribution in [-0.4, -0.2) is 28.5 Å². The van der Waals surface area contributed by atoms with E-state index >= 15 is 0 Å². The van der Waals surface area contributed by atoms with Crippen molar-refractivity contribution in [2.24, 2.45) is 0 Å². The van der Waals surface area contributed by atoms with Crippen molar-refractivity contribution in [3.8, 4) is 0 Å². The molecular formula is C9H12N2O. The van der Waals surface area contributed by atoms with Gasteiger partial charge in [0, 0.05) is 25.5 Å². The van der Waals surface area contributed by atoms with Crippen LogP contribution in [0.25, 0.3) is 0 Å². The topological polar surface area (TPSA) is 25.0 Å². The minimum Gasteiger partial charge on any atom is -0.342 e. The van der Waals surface area contributed by atoms with Crippen LogP contribution in [0.15, 0.2) is 24.5 Å². The highest BCUT2D eigenvalue weighted by Crippen LogP contribution is 2.15. The van der Waals surface area contributed by atoms with E-state index in [0.717, 1.165) is 13.1 Å². The molecule has 1 aliphatic heterocycles. The highest BCUT2D eigenvalue weighted by Gasteiger charge is 2.28. The number of amides is 1. The van der Waals surface area contributed by atoms with Crippen molar-refractivity contribution in [2.45, 2.75) is 13.0 Å². The highest BCUT2D eigenvalue weighted by atomic mass is 16.2. The SMILES string of the molecule is CC(C(=O)N1CC1)n1cccc1. The molecule has 2 rings (SSSR count). The quantitative estimate of drug-likeness (QED) is 0.596. The second-order valence-corrected chi connectivity index (χ2v) is 3.13. The molecule has 1 aromatic heterocycles. The average molecular weight is 164 g/mol. The fraction of sp³-hybridized carbons (Fsp3) is 0.444. The number of nitrogens with zero attached hydrogens (tertiary/aromatic N) is 2. The maximum absolute atomic E-state index is 11.5. The largest absolute Gasteiger partial charge is 0.342 e. The normalized spacial score (nSPS) is 17.6. The van der Waals surface area contributed by atoms with Crippen molar-refractivity contribution in [2.75, 3.05) is 13.1 Å². The summed E-state index contributed by atoms with van der Waals surface area (Å²) in [5.74, 6) is 0.228. The van der Waals surface area contributed by atoms with Crippen molar-refractivity contribution in [3.05, 3.63) is 24.5 Å². The number of aromatic nitrogens is 1. The summed E-state index contributed by atoms with van der Waals surface area (Å²) >= 11 is 0. The number of carbonyl (C=O) groups is 1. The van der Waals surface area contributed by atoms with Gasteiger partial charge in [-0.2, -0.15) is 0 Å². The van der Waals surface area contributed by atoms with Crippen molar-refractivity contribution in [1.82, 2.24) is 9.47 Å². The molecule has 0 aromatic carbocycles. The van der Waals surface area contributed by atoms with Crippen LogP contribution < -0.4 is 0 Å². The van der Waals surface area contributed by atoms with Gasteiger partial charge in [0.1, 0.15) is 6.04 Å². The molecule has 0 N–H and O–H groups in total. The zero-order valence-corrected chi connectivity index (χ0v) is 7.10. The van der Waals surface area contributed by atoms with E-state index in [4.69, 9.17) is 0 Å². The molecule has 1 saturated heterocycles. The van der Waals surface area contributed by atoms with Gasteiger partial charge in [-0.25, -0.2) is 0 Å². The van der Waals surface area contributed by atoms with E-state index < -0.39 is 0 Å². The first-order chi connectivity index (χ1) is 5.79. The van der Waals surface area contributed by atoms with Gasteiger partial charge in [-0.1, -0.05) is 0 Å². The Morgan fingerprint density at radius 1 is 1.33 bits per heavy atom. The van der Waals surface area contributed by atoms with E-state index in [1.165, 1.54) is 0 Å². The average Bonchev–Trinajstić information content (AvgIpc) is 2.79. The van der Waals surface area contributed by atoms with Crippen LogP contribution in [0.5, 0.6) is 0 Å². The zero-order chi connectivity index (χ0) is 8.55. The fourth-order valence-electron chi connectivity index (χ4n) is 1.27. The summed E-state index contributed by atoms with van der Waals surface area (Å²) in [6, 6.07) is 3.83. The summed E-state index contributed by atoms with van der Waals surface area (Å²) in [5.41, 5.74) is 0. The maximum Gasteiger partial charge on any atom is 0.245 e. The third-order valence-corrected chi connectivity index (χ3v) is 2.19. The summed E-state index contributed by atoms with van der Waals surface area (Å²) in [6.45, 7) is 3.80. The van der Waals surface area contributed by atoms with Crippen LogP contribution in [0.1, 0.15) is 13.0 Å². The van der Waals surface area contributed by atoms with Gasteiger partial charge in [0.15, 0.2) is 0 Å². The van der Waals surface area contributed by atoms with Crippen LogP contribution in [0.2, 0.25) is 0 Å². The van der Waals surface area contributed by atoms with Gasteiger partial charge in [0.05, 0.1) is 0 Å². The molecule has 1 amide bonds. The third-order valence-electron chi connectivity index (χ3n) is 2.19. The van der Waals surface area contributed by atoms with E-state index in [0.29, 0.717) is 0 Å². The first-order valence-electron chi connectivity index (χ1n) is 4.20. The highest BCUT2D eigenvalue weighted by molar-refractivity contribution is 5.81. The van der Waals surface area contributed by atoms with Gasteiger partial charge in [-0.3, -0.25) is 4.79 Å². The molecule has 1 aromatic rings. The van der Waals surface area contributed by atoms with E-state index in [9.17, 15) is 4.79 Å². The molecule has 64 valence electrons. The lowest BCUT2D eigenvalue weighted by Crippen LogP contribution is -2.22. The lowest BCUT2D eigenvalue weighted by atomic mass is 10.3. The van der Waals surface area contributed by atoms with Gasteiger partial charge in [0.25, 0.3) is 0 Å². The summed E-state index contributed by atoms with van der Waals surface area (Å²) in [5, 5.41) is 0. The summed E-state index contributed by atoms with van der Waals surface area (Å²) < 4.78 is 1.93. The Kier molecular flexibility index (Phi) is 1.64. The monoisotopic (exact) mass is 164 g/mol. The van der Waals surface area contributed by atoms with Crippen LogP contribution >= 0.6 is 0 Å². The number of carbonyl (C=O) groups excluding carboxylic acids is 1. The van der Waals surface area contributed by atoms with Gasteiger partial charge in [-0.15, -0.1) is 0 Å². The van der Waals surface area contributed by atoms with Crippen molar-refractivity contribution < 1.29 is 4.79 Å². The molecule has 1 atom stereocenters. The Hall–Kier alpha value is -1.25. The Morgan fingerprint density at radius 2 is 1.92 bits per heavy atom. The standard InChI is InChI=1S/C9H12N2O/c1-8(9(12)11-6-7-11)10-4-2-3-5-10/h2-5,8H,6-7H2,1H3. The third kappa shape index (κ3) is 1.22. The fourth-order valence-corrected chi connectivity index (χ4v) is 1.27. The molecule has 0 saturated carbocycles. The van der Waals surface area contributed by atoms with Gasteiger partial charge < -0.3 is 9.47 Å². The minimum absolute atomic E-state index is 0.0394. The molecule has 3 heteroatoms. The Balaban J connectivity index is 2.08. The molecule has 1 aliphatic rings. The van der Waals surface area contributed by atoms with Crippen LogP contribution in [-0.2, 0) is 4.79 Å². The molecule has 2 heterocycles. The second-order valence-electron chi connectivity index (χ2n) is 3.13. The smallest absolute Gasteiger partial charge is 0.245 e. The maximum atomic E-state index is 11.5. The number of rotatable bonds is 2. The molecule has 3 nitrogen and oxygen atoms in total. The first-order valence-corrected chi connectivity index (χ1v) is 4.20. The molecule has 1 fully saturated rings. The lowest BCUT2D eigenvalue weighted by Gasteiger charge is -2.12. The van der Waals surface area contributed by atoms with Crippen molar-refractivity contribution >= 4 is 5.91 Å². The predicted octanol–water partition coefficient (Wildman–Crippen LogP) is 0.891. The van der Waals surface area contributed by atoms with Crippen molar-refractivity contribution in [3.63, 3.8) is 0 Å². The van der Waals surface area contributed by atoms with Crippen LogP contribution in [0.3, 0.4) is 0 Å². The van der Waals surface area contributed by atoms with Crippen molar-refractivity contribution in [1.29, 1.82) is 0 Å². The molecule has 0 bridgehead atoms. The Bertz CT molecular complexity index is 275. The van der Waals surface area contributed by atoms with Gasteiger partial charge >= 0.3 is 0 Å². The lowest BCUT2D eigenvalue weighted by molar-refractivity contribution is -0.128. The predicted molar refractivity (Wildman–Crippen MR) is 45.7 cm³/mol. The molecule has 1 unspecified atom stereocenters. The summed E-state index contributed by atoms with van der Waals surface area (Å²) in [7, 11) is 0. The molecule has 12 heavy (non-hydrogen) atoms. The second kappa shape index (κ2) is 2.66. The molecular weight excluding hydrogens is 152 g/mol. The van der Waals surface area contributed by atoms with Gasteiger partial charge in [-0.05, 0) is 19.1 Å². The van der Waals surface area contributed by atoms with Crippen LogP contribution in [0, 0.1) is 0 Å². The van der Waals surface area contributed by atoms with E-state index in [1.807, 2.05) is 40.9 Å². The molecule has 0 aliphatic carbocycles. The number of hydrogen-bond acceptors (Lipinski definition) is 1. The van der Waals surface area contributed by atoms with E-state index in [-0.39, 0.29) is 11.9 Å². The van der Waals surface area contributed by atoms with E-state index in [2.05, 4.69) is 0 Å². The molecule has 0 spiro atoms. The van der Waals surface area contributed by atoms with Crippen LogP contribution in [0.4, 0.5) is 0 Å². The van der Waals surface area contributed by atoms with E-state index in [1.54, 1.807) is 0 Å². The first kappa shape index (κ1) is 7.40. The number of hydrogen-bond donors (Lipinski definition) is 0. The van der Waals surface area contributed by atoms with Gasteiger partial charge in [0.2, 0.25) is 5.91 Å². The zero-order valence-electron chi connectivity index (χ0n) is 7.10. The summed E-state index contributed by atoms with van der Waals surface area (Å²) in [6.07, 6.45) is 3.85. The Labute approximate surface area is 71.6 Å². The Morgan fingerprint density at radius 3 is 2.42 bits per heavy atom.